The predicted molar refractivity (Wildman–Crippen MR) is 112 cm³/mol. The lowest BCUT2D eigenvalue weighted by Crippen LogP contribution is -2.41. The summed E-state index contributed by atoms with van der Waals surface area (Å²) < 4.78 is 11.4. The molecule has 30 heavy (non-hydrogen) atoms. The number of carbonyl (C=O) groups excluding carboxylic acids is 2. The van der Waals surface area contributed by atoms with Gasteiger partial charge in [0.2, 0.25) is 11.8 Å². The molecule has 154 valence electrons. The summed E-state index contributed by atoms with van der Waals surface area (Å²) in [6.07, 6.45) is 4.34. The van der Waals surface area contributed by atoms with Crippen molar-refractivity contribution in [2.75, 3.05) is 25.5 Å². The van der Waals surface area contributed by atoms with Gasteiger partial charge in [-0.3, -0.25) is 9.59 Å². The number of anilines is 1. The van der Waals surface area contributed by atoms with E-state index in [9.17, 15) is 9.59 Å². The van der Waals surface area contributed by atoms with Gasteiger partial charge in [-0.1, -0.05) is 48.6 Å². The first-order chi connectivity index (χ1) is 14.6. The number of hydrogen-bond donors (Lipinski definition) is 1. The highest BCUT2D eigenvalue weighted by Gasteiger charge is 2.66. The zero-order valence-electron chi connectivity index (χ0n) is 16.8. The number of rotatable bonds is 6. The van der Waals surface area contributed by atoms with Crippen molar-refractivity contribution in [2.45, 2.75) is 18.1 Å². The van der Waals surface area contributed by atoms with Crippen LogP contribution in [0.15, 0.2) is 66.7 Å². The number of likely N-dealkylation sites (tertiary alicyclic amines) is 1. The molecule has 2 saturated heterocycles. The zero-order valence-corrected chi connectivity index (χ0v) is 16.8. The number of amides is 2. The van der Waals surface area contributed by atoms with Gasteiger partial charge >= 0.3 is 0 Å². The second kappa shape index (κ2) is 7.29. The minimum atomic E-state index is -0.686. The van der Waals surface area contributed by atoms with Crippen LogP contribution >= 0.6 is 0 Å². The lowest BCUT2D eigenvalue weighted by atomic mass is 9.77. The lowest BCUT2D eigenvalue weighted by molar-refractivity contribution is -0.135. The molecule has 2 fully saturated rings. The number of fused-ring (bicyclic) bond motifs is 1. The zero-order chi connectivity index (χ0) is 20.7. The Morgan fingerprint density at radius 1 is 1.23 bits per heavy atom. The topological polar surface area (TPSA) is 67.9 Å². The van der Waals surface area contributed by atoms with Crippen molar-refractivity contribution in [1.82, 2.24) is 4.90 Å². The summed E-state index contributed by atoms with van der Waals surface area (Å²) in [5.74, 6) is -0.534. The van der Waals surface area contributed by atoms with Gasteiger partial charge in [-0.25, -0.2) is 0 Å². The quantitative estimate of drug-likeness (QED) is 0.752. The molecule has 0 unspecified atom stereocenters. The molecule has 1 N–H and O–H groups in total. The van der Waals surface area contributed by atoms with E-state index in [1.54, 1.807) is 13.2 Å². The summed E-state index contributed by atoms with van der Waals surface area (Å²) in [5.41, 5.74) is 1.15. The molecule has 0 saturated carbocycles. The molecule has 0 radical (unpaired) electrons. The van der Waals surface area contributed by atoms with Crippen LogP contribution in [0.5, 0.6) is 5.75 Å². The van der Waals surface area contributed by atoms with E-state index < -0.39 is 17.4 Å². The Balaban J connectivity index is 1.32. The minimum absolute atomic E-state index is 0.00331. The van der Waals surface area contributed by atoms with E-state index in [1.165, 1.54) is 5.56 Å². The number of nitrogens with zero attached hydrogens (tertiary/aromatic N) is 1. The number of benzene rings is 2. The molecule has 4 atom stereocenters. The summed E-state index contributed by atoms with van der Waals surface area (Å²) >= 11 is 0. The average Bonchev–Trinajstić information content (AvgIpc) is 3.41. The van der Waals surface area contributed by atoms with E-state index in [0.29, 0.717) is 24.5 Å². The van der Waals surface area contributed by atoms with E-state index in [4.69, 9.17) is 9.47 Å². The molecule has 2 aromatic carbocycles. The van der Waals surface area contributed by atoms with E-state index in [1.807, 2.05) is 53.5 Å². The summed E-state index contributed by atoms with van der Waals surface area (Å²) in [5, 5.41) is 2.94. The Morgan fingerprint density at radius 2 is 2.07 bits per heavy atom. The van der Waals surface area contributed by atoms with Gasteiger partial charge in [-0.05, 0) is 24.1 Å². The first kappa shape index (κ1) is 18.9. The molecule has 3 aliphatic rings. The number of carbonyl (C=O) groups is 2. The number of hydrogen-bond acceptors (Lipinski definition) is 4. The first-order valence-electron chi connectivity index (χ1n) is 10.2. The van der Waals surface area contributed by atoms with Crippen molar-refractivity contribution in [3.8, 4) is 5.75 Å². The predicted octanol–water partition coefficient (Wildman–Crippen LogP) is 2.66. The van der Waals surface area contributed by atoms with E-state index >= 15 is 0 Å². The second-order valence-corrected chi connectivity index (χ2v) is 8.12. The highest BCUT2D eigenvalue weighted by Crippen LogP contribution is 2.52. The molecule has 5 rings (SSSR count). The van der Waals surface area contributed by atoms with Crippen LogP contribution < -0.4 is 10.1 Å². The van der Waals surface area contributed by atoms with E-state index in [-0.39, 0.29) is 17.9 Å². The van der Waals surface area contributed by atoms with Crippen LogP contribution in [0, 0.1) is 11.8 Å². The van der Waals surface area contributed by atoms with Crippen LogP contribution in [-0.4, -0.2) is 48.6 Å². The van der Waals surface area contributed by atoms with Crippen LogP contribution in [0.4, 0.5) is 5.69 Å². The molecule has 1 spiro atoms. The summed E-state index contributed by atoms with van der Waals surface area (Å²) in [6.45, 7) is 1.12. The van der Waals surface area contributed by atoms with Gasteiger partial charge in [0, 0.05) is 18.3 Å². The normalized spacial score (nSPS) is 28.6. The second-order valence-electron chi connectivity index (χ2n) is 8.12. The monoisotopic (exact) mass is 404 g/mol. The third kappa shape index (κ3) is 3.08. The van der Waals surface area contributed by atoms with Crippen molar-refractivity contribution in [1.29, 1.82) is 0 Å². The van der Waals surface area contributed by atoms with Crippen molar-refractivity contribution in [2.24, 2.45) is 11.8 Å². The molecular formula is C24H24N2O4. The van der Waals surface area contributed by atoms with Crippen LogP contribution in [-0.2, 0) is 20.7 Å². The fourth-order valence-electron chi connectivity index (χ4n) is 4.90. The van der Waals surface area contributed by atoms with E-state index in [2.05, 4.69) is 17.4 Å². The molecule has 2 amide bonds. The number of ether oxygens (including phenoxy) is 2. The minimum Gasteiger partial charge on any atom is -0.497 e. The van der Waals surface area contributed by atoms with Crippen molar-refractivity contribution < 1.29 is 19.1 Å². The maximum absolute atomic E-state index is 13.3. The maximum atomic E-state index is 13.3. The van der Waals surface area contributed by atoms with Crippen molar-refractivity contribution in [3.05, 3.63) is 72.3 Å². The third-order valence-corrected chi connectivity index (χ3v) is 6.33. The van der Waals surface area contributed by atoms with E-state index in [0.717, 1.165) is 6.42 Å². The maximum Gasteiger partial charge on any atom is 0.231 e. The van der Waals surface area contributed by atoms with Crippen LogP contribution in [0.3, 0.4) is 0 Å². The Morgan fingerprint density at radius 3 is 2.87 bits per heavy atom. The Kier molecular flexibility index (Phi) is 4.59. The van der Waals surface area contributed by atoms with Gasteiger partial charge < -0.3 is 19.7 Å². The average molecular weight is 404 g/mol. The SMILES string of the molecule is COc1cccc(NC(=O)[C@H]2[C@@H]3C=C[C@]4(CN(CCc5ccccc5)C(=O)[C@H]24)O3)c1. The number of methoxy groups -OCH3 is 1. The molecule has 6 heteroatoms. The van der Waals surface area contributed by atoms with Gasteiger partial charge in [0.05, 0.1) is 31.6 Å². The Labute approximate surface area is 175 Å². The number of nitrogens with one attached hydrogen (secondary N) is 1. The Hall–Kier alpha value is -3.12. The summed E-state index contributed by atoms with van der Waals surface area (Å²) in [7, 11) is 1.58. The highest BCUT2D eigenvalue weighted by molar-refractivity contribution is 5.99. The van der Waals surface area contributed by atoms with Gasteiger partial charge in [-0.15, -0.1) is 0 Å². The molecule has 2 aromatic rings. The van der Waals surface area contributed by atoms with Crippen molar-refractivity contribution in [3.63, 3.8) is 0 Å². The van der Waals surface area contributed by atoms with Gasteiger partial charge in [-0.2, -0.15) is 0 Å². The first-order valence-corrected chi connectivity index (χ1v) is 10.2. The van der Waals surface area contributed by atoms with Gasteiger partial charge in [0.25, 0.3) is 0 Å². The highest BCUT2D eigenvalue weighted by atomic mass is 16.5. The van der Waals surface area contributed by atoms with Gasteiger partial charge in [0.15, 0.2) is 0 Å². The molecular weight excluding hydrogens is 380 g/mol. The third-order valence-electron chi connectivity index (χ3n) is 6.33. The molecule has 6 nitrogen and oxygen atoms in total. The molecule has 0 aliphatic carbocycles. The molecule has 3 heterocycles. The van der Waals surface area contributed by atoms with Crippen LogP contribution in [0.2, 0.25) is 0 Å². The molecule has 0 aromatic heterocycles. The molecule has 3 aliphatic heterocycles. The van der Waals surface area contributed by atoms with Crippen LogP contribution in [0.1, 0.15) is 5.56 Å². The summed E-state index contributed by atoms with van der Waals surface area (Å²) in [6, 6.07) is 17.3. The fraction of sp³-hybridized carbons (Fsp3) is 0.333. The largest absolute Gasteiger partial charge is 0.497 e. The summed E-state index contributed by atoms with van der Waals surface area (Å²) in [4.78, 5) is 28.3. The molecule has 2 bridgehead atoms. The van der Waals surface area contributed by atoms with Gasteiger partial charge in [0.1, 0.15) is 11.4 Å². The lowest BCUT2D eigenvalue weighted by Gasteiger charge is -2.23. The smallest absolute Gasteiger partial charge is 0.231 e. The van der Waals surface area contributed by atoms with Crippen LogP contribution in [0.25, 0.3) is 0 Å². The van der Waals surface area contributed by atoms with Crippen molar-refractivity contribution >= 4 is 17.5 Å². The Bertz CT molecular complexity index is 1010. The standard InChI is InChI=1S/C24H24N2O4/c1-29-18-9-5-8-17(14-18)25-22(27)20-19-10-12-24(30-19)15-26(23(28)21(20)24)13-11-16-6-3-2-4-7-16/h2-10,12,14,19-21H,11,13,15H2,1H3,(H,25,27)/t19-,20-,21-,24+/m0/s1. The fourth-order valence-corrected chi connectivity index (χ4v) is 4.90.